The molecule has 0 aliphatic carbocycles. The number of anilines is 1. The van der Waals surface area contributed by atoms with Gasteiger partial charge >= 0.3 is 6.18 Å². The van der Waals surface area contributed by atoms with Crippen molar-refractivity contribution in [3.05, 3.63) is 24.1 Å². The summed E-state index contributed by atoms with van der Waals surface area (Å²) in [4.78, 5) is 4.13. The Kier molecular flexibility index (Phi) is 3.94. The van der Waals surface area contributed by atoms with Crippen molar-refractivity contribution in [3.8, 4) is 0 Å². The second-order valence-electron chi connectivity index (χ2n) is 4.11. The van der Waals surface area contributed by atoms with Crippen LogP contribution in [-0.2, 0) is 11.3 Å². The van der Waals surface area contributed by atoms with Gasteiger partial charge in [0.15, 0.2) is 5.58 Å². The zero-order valence-electron chi connectivity index (χ0n) is 10.0. The molecule has 2 aromatic rings. The molecule has 1 heterocycles. The number of fused-ring (bicyclic) bond motifs is 1. The summed E-state index contributed by atoms with van der Waals surface area (Å²) >= 11 is 0. The third-order valence-corrected chi connectivity index (χ3v) is 2.43. The van der Waals surface area contributed by atoms with Crippen LogP contribution in [0.15, 0.2) is 22.6 Å². The van der Waals surface area contributed by atoms with Gasteiger partial charge in [0.1, 0.15) is 12.1 Å². The second-order valence-corrected chi connectivity index (χ2v) is 4.11. The molecule has 0 amide bonds. The maximum Gasteiger partial charge on any atom is 0.389 e. The highest BCUT2D eigenvalue weighted by atomic mass is 19.4. The number of halogens is 3. The number of hydrogen-bond acceptors (Lipinski definition) is 4. The summed E-state index contributed by atoms with van der Waals surface area (Å²) in [5.74, 6) is 0.326. The van der Waals surface area contributed by atoms with Crippen LogP contribution in [0.2, 0.25) is 0 Å². The molecule has 0 saturated heterocycles. The lowest BCUT2D eigenvalue weighted by atomic mass is 10.3. The topological polar surface area (TPSA) is 61.3 Å². The summed E-state index contributed by atoms with van der Waals surface area (Å²) in [6.45, 7) is 0.0623. The van der Waals surface area contributed by atoms with Crippen molar-refractivity contribution in [2.45, 2.75) is 25.6 Å². The first kappa shape index (κ1) is 13.7. The number of ether oxygens (including phenoxy) is 1. The van der Waals surface area contributed by atoms with Gasteiger partial charge in [0.05, 0.1) is 0 Å². The van der Waals surface area contributed by atoms with Gasteiger partial charge in [-0.05, 0) is 24.6 Å². The van der Waals surface area contributed by atoms with Crippen LogP contribution >= 0.6 is 0 Å². The van der Waals surface area contributed by atoms with Gasteiger partial charge in [-0.2, -0.15) is 13.2 Å². The molecule has 0 bridgehead atoms. The number of nitrogens with zero attached hydrogens (tertiary/aromatic N) is 1. The van der Waals surface area contributed by atoms with E-state index in [-0.39, 0.29) is 19.6 Å². The summed E-state index contributed by atoms with van der Waals surface area (Å²) in [5, 5.41) is 0. The summed E-state index contributed by atoms with van der Waals surface area (Å²) in [7, 11) is 0. The van der Waals surface area contributed by atoms with Gasteiger partial charge < -0.3 is 14.9 Å². The Bertz CT molecular complexity index is 551. The van der Waals surface area contributed by atoms with E-state index in [9.17, 15) is 13.2 Å². The molecule has 0 atom stereocenters. The molecular formula is C12H13F3N2O2. The van der Waals surface area contributed by atoms with Gasteiger partial charge in [-0.15, -0.1) is 0 Å². The first-order valence-electron chi connectivity index (χ1n) is 5.73. The predicted molar refractivity (Wildman–Crippen MR) is 63.4 cm³/mol. The molecule has 2 rings (SSSR count). The maximum absolute atomic E-state index is 11.9. The fourth-order valence-electron chi connectivity index (χ4n) is 1.59. The molecule has 19 heavy (non-hydrogen) atoms. The average Bonchev–Trinajstić information content (AvgIpc) is 2.68. The van der Waals surface area contributed by atoms with Crippen molar-refractivity contribution in [1.82, 2.24) is 4.98 Å². The quantitative estimate of drug-likeness (QED) is 0.671. The van der Waals surface area contributed by atoms with Crippen molar-refractivity contribution in [2.24, 2.45) is 0 Å². The summed E-state index contributed by atoms with van der Waals surface area (Å²) in [6, 6.07) is 5.03. The van der Waals surface area contributed by atoms with Crippen molar-refractivity contribution in [1.29, 1.82) is 0 Å². The summed E-state index contributed by atoms with van der Waals surface area (Å²) < 4.78 is 46.1. The number of nitrogens with two attached hydrogens (primary N) is 1. The fraction of sp³-hybridized carbons (Fsp3) is 0.417. The van der Waals surface area contributed by atoms with E-state index in [4.69, 9.17) is 14.9 Å². The molecule has 7 heteroatoms. The minimum Gasteiger partial charge on any atom is -0.438 e. The van der Waals surface area contributed by atoms with Crippen LogP contribution in [0.1, 0.15) is 18.7 Å². The highest BCUT2D eigenvalue weighted by molar-refractivity contribution is 5.76. The molecule has 0 saturated carbocycles. The van der Waals surface area contributed by atoms with E-state index in [0.717, 1.165) is 0 Å². The second kappa shape index (κ2) is 5.48. The van der Waals surface area contributed by atoms with Crippen LogP contribution in [-0.4, -0.2) is 17.8 Å². The highest BCUT2D eigenvalue weighted by Gasteiger charge is 2.25. The van der Waals surface area contributed by atoms with Gasteiger partial charge in [-0.3, -0.25) is 0 Å². The largest absolute Gasteiger partial charge is 0.438 e. The van der Waals surface area contributed by atoms with Crippen molar-refractivity contribution in [3.63, 3.8) is 0 Å². The van der Waals surface area contributed by atoms with Gasteiger partial charge in [0.25, 0.3) is 0 Å². The van der Waals surface area contributed by atoms with E-state index >= 15 is 0 Å². The number of alkyl halides is 3. The molecule has 1 aromatic heterocycles. The third kappa shape index (κ3) is 4.13. The number of rotatable bonds is 5. The van der Waals surface area contributed by atoms with Crippen LogP contribution in [0.5, 0.6) is 0 Å². The molecule has 0 aliphatic heterocycles. The number of benzene rings is 1. The molecule has 0 radical (unpaired) electrons. The van der Waals surface area contributed by atoms with Crippen LogP contribution in [0.4, 0.5) is 18.9 Å². The Morgan fingerprint density at radius 2 is 2.11 bits per heavy atom. The Hall–Kier alpha value is -1.76. The first-order valence-corrected chi connectivity index (χ1v) is 5.73. The van der Waals surface area contributed by atoms with Gasteiger partial charge in [-0.1, -0.05) is 0 Å². The van der Waals surface area contributed by atoms with E-state index in [1.165, 1.54) is 0 Å². The van der Waals surface area contributed by atoms with Crippen LogP contribution in [0.3, 0.4) is 0 Å². The zero-order valence-corrected chi connectivity index (χ0v) is 10.0. The molecule has 0 unspecified atom stereocenters. The SMILES string of the molecule is Nc1ccc2oc(COCCCC(F)(F)F)nc2c1. The molecule has 4 nitrogen and oxygen atoms in total. The van der Waals surface area contributed by atoms with Gasteiger partial charge in [0.2, 0.25) is 5.89 Å². The Balaban J connectivity index is 1.82. The molecule has 0 spiro atoms. The van der Waals surface area contributed by atoms with E-state index in [2.05, 4.69) is 4.98 Å². The Morgan fingerprint density at radius 3 is 2.84 bits per heavy atom. The lowest BCUT2D eigenvalue weighted by molar-refractivity contribution is -0.138. The molecule has 1 aromatic carbocycles. The normalized spacial score (nSPS) is 12.2. The third-order valence-electron chi connectivity index (χ3n) is 2.43. The van der Waals surface area contributed by atoms with E-state index in [1.807, 2.05) is 0 Å². The molecule has 0 aliphatic rings. The molecule has 2 N–H and O–H groups in total. The van der Waals surface area contributed by atoms with E-state index in [0.29, 0.717) is 22.7 Å². The van der Waals surface area contributed by atoms with Gasteiger partial charge in [-0.25, -0.2) is 4.98 Å². The number of hydrogen-bond donors (Lipinski definition) is 1. The van der Waals surface area contributed by atoms with Crippen LogP contribution in [0, 0.1) is 0 Å². The molecule has 104 valence electrons. The smallest absolute Gasteiger partial charge is 0.389 e. The lowest BCUT2D eigenvalue weighted by Gasteiger charge is -2.05. The number of oxazole rings is 1. The maximum atomic E-state index is 11.9. The highest BCUT2D eigenvalue weighted by Crippen LogP contribution is 2.21. The fourth-order valence-corrected chi connectivity index (χ4v) is 1.59. The van der Waals surface area contributed by atoms with Crippen LogP contribution in [0.25, 0.3) is 11.1 Å². The van der Waals surface area contributed by atoms with E-state index in [1.54, 1.807) is 18.2 Å². The number of nitrogen functional groups attached to an aromatic ring is 1. The lowest BCUT2D eigenvalue weighted by Crippen LogP contribution is -2.08. The Labute approximate surface area is 107 Å². The monoisotopic (exact) mass is 274 g/mol. The van der Waals surface area contributed by atoms with Crippen molar-refractivity contribution < 1.29 is 22.3 Å². The van der Waals surface area contributed by atoms with Gasteiger partial charge in [0, 0.05) is 18.7 Å². The molecular weight excluding hydrogens is 261 g/mol. The summed E-state index contributed by atoms with van der Waals surface area (Å²) in [6.07, 6.45) is -5.06. The minimum atomic E-state index is -4.14. The minimum absolute atomic E-state index is 0.0143. The number of aromatic nitrogens is 1. The standard InChI is InChI=1S/C12H13F3N2O2/c13-12(14,15)4-1-5-18-7-11-17-9-6-8(16)2-3-10(9)19-11/h2-3,6H,1,4-5,7,16H2. The van der Waals surface area contributed by atoms with Crippen molar-refractivity contribution in [2.75, 3.05) is 12.3 Å². The van der Waals surface area contributed by atoms with E-state index < -0.39 is 12.6 Å². The van der Waals surface area contributed by atoms with Crippen molar-refractivity contribution >= 4 is 16.8 Å². The predicted octanol–water partition coefficient (Wildman–Crippen LogP) is 3.27. The Morgan fingerprint density at radius 1 is 1.32 bits per heavy atom. The summed E-state index contributed by atoms with van der Waals surface area (Å²) in [5.41, 5.74) is 7.34. The zero-order chi connectivity index (χ0) is 13.9. The first-order chi connectivity index (χ1) is 8.94. The van der Waals surface area contributed by atoms with Crippen LogP contribution < -0.4 is 5.73 Å². The molecule has 0 fully saturated rings. The average molecular weight is 274 g/mol.